The fraction of sp³-hybridized carbons (Fsp3) is 0.556. The number of nitrogens with one attached hydrogen (secondary N) is 1. The van der Waals surface area contributed by atoms with Gasteiger partial charge in [0.2, 0.25) is 0 Å². The Bertz CT molecular complexity index is 313. The number of H-pyrrole nitrogens is 1. The number of carboxylic acids is 1. The Morgan fingerprint density at radius 3 is 2.64 bits per heavy atom. The summed E-state index contributed by atoms with van der Waals surface area (Å²) >= 11 is 0. The van der Waals surface area contributed by atoms with E-state index < -0.39 is 5.97 Å². The van der Waals surface area contributed by atoms with E-state index in [9.17, 15) is 4.79 Å². The minimum Gasteiger partial charge on any atom is -0.480 e. The van der Waals surface area contributed by atoms with Crippen LogP contribution in [0.1, 0.15) is 17.0 Å². The molecule has 0 fully saturated rings. The Hall–Kier alpha value is -1.36. The number of aromatic amines is 1. The lowest BCUT2D eigenvalue weighted by atomic mass is 10.2. The lowest BCUT2D eigenvalue weighted by Crippen LogP contribution is -2.25. The number of nitrogens with zero attached hydrogens (tertiary/aromatic N) is 2. The molecule has 1 rings (SSSR count). The number of carboxylic acid groups (broad SMARTS) is 1. The second kappa shape index (κ2) is 4.23. The van der Waals surface area contributed by atoms with Crippen LogP contribution in [0.25, 0.3) is 0 Å². The SMILES string of the molecule is Cc1n[nH]c(C)c1CN(C)CC(=O)O. The molecule has 0 spiro atoms. The van der Waals surface area contributed by atoms with Crippen molar-refractivity contribution in [1.82, 2.24) is 15.1 Å². The van der Waals surface area contributed by atoms with Crippen molar-refractivity contribution in [2.45, 2.75) is 20.4 Å². The zero-order chi connectivity index (χ0) is 10.7. The van der Waals surface area contributed by atoms with Gasteiger partial charge in [-0.15, -0.1) is 0 Å². The Morgan fingerprint density at radius 2 is 2.21 bits per heavy atom. The largest absolute Gasteiger partial charge is 0.480 e. The molecule has 5 nitrogen and oxygen atoms in total. The van der Waals surface area contributed by atoms with Gasteiger partial charge in [0.25, 0.3) is 0 Å². The quantitative estimate of drug-likeness (QED) is 0.739. The van der Waals surface area contributed by atoms with Crippen LogP contribution >= 0.6 is 0 Å². The molecule has 0 aromatic carbocycles. The molecule has 0 unspecified atom stereocenters. The van der Waals surface area contributed by atoms with Crippen molar-refractivity contribution in [2.75, 3.05) is 13.6 Å². The highest BCUT2D eigenvalue weighted by Gasteiger charge is 2.10. The zero-order valence-corrected chi connectivity index (χ0v) is 8.66. The van der Waals surface area contributed by atoms with Gasteiger partial charge in [-0.3, -0.25) is 14.8 Å². The van der Waals surface area contributed by atoms with Crippen LogP contribution in [-0.4, -0.2) is 39.8 Å². The number of hydrogen-bond donors (Lipinski definition) is 2. The van der Waals surface area contributed by atoms with Crippen molar-refractivity contribution < 1.29 is 9.90 Å². The number of hydrogen-bond acceptors (Lipinski definition) is 3. The highest BCUT2D eigenvalue weighted by atomic mass is 16.4. The maximum atomic E-state index is 10.4. The number of aryl methyl sites for hydroxylation is 2. The summed E-state index contributed by atoms with van der Waals surface area (Å²) in [5, 5.41) is 15.5. The summed E-state index contributed by atoms with van der Waals surface area (Å²) in [6, 6.07) is 0. The first kappa shape index (κ1) is 10.7. The molecular formula is C9H15N3O2. The molecule has 78 valence electrons. The molecule has 0 amide bonds. The molecule has 1 heterocycles. The highest BCUT2D eigenvalue weighted by Crippen LogP contribution is 2.11. The van der Waals surface area contributed by atoms with Crippen molar-refractivity contribution in [3.63, 3.8) is 0 Å². The fourth-order valence-electron chi connectivity index (χ4n) is 1.36. The maximum Gasteiger partial charge on any atom is 0.317 e. The Morgan fingerprint density at radius 1 is 1.57 bits per heavy atom. The smallest absolute Gasteiger partial charge is 0.317 e. The Balaban J connectivity index is 2.64. The summed E-state index contributed by atoms with van der Waals surface area (Å²) in [5.41, 5.74) is 3.01. The molecule has 0 bridgehead atoms. The summed E-state index contributed by atoms with van der Waals surface area (Å²) < 4.78 is 0. The van der Waals surface area contributed by atoms with E-state index in [1.165, 1.54) is 0 Å². The molecule has 2 N–H and O–H groups in total. The van der Waals surface area contributed by atoms with Gasteiger partial charge in [-0.1, -0.05) is 0 Å². The van der Waals surface area contributed by atoms with E-state index in [0.29, 0.717) is 6.54 Å². The molecule has 0 saturated heterocycles. The summed E-state index contributed by atoms with van der Waals surface area (Å²) in [7, 11) is 1.78. The monoisotopic (exact) mass is 197 g/mol. The molecule has 0 aliphatic rings. The average Bonchev–Trinajstić information content (AvgIpc) is 2.34. The van der Waals surface area contributed by atoms with Crippen molar-refractivity contribution in [3.8, 4) is 0 Å². The van der Waals surface area contributed by atoms with Gasteiger partial charge in [0.15, 0.2) is 0 Å². The van der Waals surface area contributed by atoms with E-state index in [2.05, 4.69) is 10.2 Å². The van der Waals surface area contributed by atoms with E-state index in [4.69, 9.17) is 5.11 Å². The molecule has 0 radical (unpaired) electrons. The van der Waals surface area contributed by atoms with E-state index in [0.717, 1.165) is 17.0 Å². The first-order valence-corrected chi connectivity index (χ1v) is 4.41. The topological polar surface area (TPSA) is 69.2 Å². The molecule has 0 atom stereocenters. The van der Waals surface area contributed by atoms with Gasteiger partial charge in [0.1, 0.15) is 0 Å². The predicted octanol–water partition coefficient (Wildman–Crippen LogP) is 0.543. The summed E-state index contributed by atoms with van der Waals surface area (Å²) in [6.45, 7) is 4.50. The second-order valence-corrected chi connectivity index (χ2v) is 3.48. The summed E-state index contributed by atoms with van der Waals surface area (Å²) in [6.07, 6.45) is 0. The fourth-order valence-corrected chi connectivity index (χ4v) is 1.36. The zero-order valence-electron chi connectivity index (χ0n) is 8.66. The molecule has 5 heteroatoms. The van der Waals surface area contributed by atoms with E-state index in [-0.39, 0.29) is 6.54 Å². The van der Waals surface area contributed by atoms with Gasteiger partial charge in [-0.05, 0) is 20.9 Å². The van der Waals surface area contributed by atoms with Crippen molar-refractivity contribution >= 4 is 5.97 Å². The number of rotatable bonds is 4. The number of likely N-dealkylation sites (N-methyl/N-ethyl adjacent to an activating group) is 1. The van der Waals surface area contributed by atoms with Crippen molar-refractivity contribution in [3.05, 3.63) is 17.0 Å². The first-order chi connectivity index (χ1) is 6.50. The number of carbonyl (C=O) groups is 1. The van der Waals surface area contributed by atoms with Gasteiger partial charge in [-0.25, -0.2) is 0 Å². The number of aliphatic carboxylic acids is 1. The van der Waals surface area contributed by atoms with Crippen LogP contribution in [-0.2, 0) is 11.3 Å². The van der Waals surface area contributed by atoms with E-state index >= 15 is 0 Å². The molecule has 0 aliphatic carbocycles. The van der Waals surface area contributed by atoms with Gasteiger partial charge >= 0.3 is 5.97 Å². The van der Waals surface area contributed by atoms with Crippen molar-refractivity contribution in [1.29, 1.82) is 0 Å². The predicted molar refractivity (Wildman–Crippen MR) is 52.0 cm³/mol. The van der Waals surface area contributed by atoms with Gasteiger partial charge < -0.3 is 5.11 Å². The Labute approximate surface area is 82.7 Å². The van der Waals surface area contributed by atoms with Crippen LogP contribution in [0.4, 0.5) is 0 Å². The van der Waals surface area contributed by atoms with Gasteiger partial charge in [-0.2, -0.15) is 5.10 Å². The maximum absolute atomic E-state index is 10.4. The van der Waals surface area contributed by atoms with E-state index in [1.54, 1.807) is 11.9 Å². The van der Waals surface area contributed by atoms with Crippen LogP contribution < -0.4 is 0 Å². The molecule has 0 aliphatic heterocycles. The van der Waals surface area contributed by atoms with Gasteiger partial charge in [0, 0.05) is 17.8 Å². The minimum absolute atomic E-state index is 0.0457. The Kier molecular flexibility index (Phi) is 3.24. The van der Waals surface area contributed by atoms with Gasteiger partial charge in [0.05, 0.1) is 12.2 Å². The van der Waals surface area contributed by atoms with Crippen molar-refractivity contribution in [2.24, 2.45) is 0 Å². The van der Waals surface area contributed by atoms with Crippen LogP contribution in [0.5, 0.6) is 0 Å². The third-order valence-electron chi connectivity index (χ3n) is 2.11. The number of aromatic nitrogens is 2. The average molecular weight is 197 g/mol. The molecule has 0 saturated carbocycles. The van der Waals surface area contributed by atoms with Crippen LogP contribution in [0.3, 0.4) is 0 Å². The molecular weight excluding hydrogens is 182 g/mol. The third kappa shape index (κ3) is 2.56. The lowest BCUT2D eigenvalue weighted by Gasteiger charge is -2.13. The highest BCUT2D eigenvalue weighted by molar-refractivity contribution is 5.69. The van der Waals surface area contributed by atoms with Crippen LogP contribution in [0.15, 0.2) is 0 Å². The standard InChI is InChI=1S/C9H15N3O2/c1-6-8(7(2)11-10-6)4-12(3)5-9(13)14/h4-5H2,1-3H3,(H,10,11)(H,13,14). The lowest BCUT2D eigenvalue weighted by molar-refractivity contribution is -0.138. The molecule has 1 aromatic heterocycles. The normalized spacial score (nSPS) is 10.9. The van der Waals surface area contributed by atoms with E-state index in [1.807, 2.05) is 13.8 Å². The third-order valence-corrected chi connectivity index (χ3v) is 2.11. The summed E-state index contributed by atoms with van der Waals surface area (Å²) in [5.74, 6) is -0.814. The summed E-state index contributed by atoms with van der Waals surface area (Å²) in [4.78, 5) is 12.2. The molecule has 1 aromatic rings. The molecule has 14 heavy (non-hydrogen) atoms. The van der Waals surface area contributed by atoms with Crippen LogP contribution in [0.2, 0.25) is 0 Å². The minimum atomic E-state index is -0.814. The second-order valence-electron chi connectivity index (χ2n) is 3.48. The van der Waals surface area contributed by atoms with Crippen LogP contribution in [0, 0.1) is 13.8 Å². The first-order valence-electron chi connectivity index (χ1n) is 4.41.